The average molecular weight is 540 g/mol. The lowest BCUT2D eigenvalue weighted by molar-refractivity contribution is -0.114. The van der Waals surface area contributed by atoms with Gasteiger partial charge in [-0.3, -0.25) is 9.10 Å². The molecule has 6 nitrogen and oxygen atoms in total. The monoisotopic (exact) mass is 540 g/mol. The van der Waals surface area contributed by atoms with E-state index in [-0.39, 0.29) is 16.3 Å². The Bertz CT molecular complexity index is 1150. The van der Waals surface area contributed by atoms with Crippen molar-refractivity contribution >= 4 is 49.9 Å². The normalized spacial score (nSPS) is 11.0. The van der Waals surface area contributed by atoms with Crippen LogP contribution in [0, 0.1) is 9.39 Å². The number of halogens is 2. The number of amides is 1. The molecule has 0 radical (unpaired) electrons. The van der Waals surface area contributed by atoms with E-state index in [0.717, 1.165) is 32.1 Å². The lowest BCUT2D eigenvalue weighted by atomic mass is 10.3. The van der Waals surface area contributed by atoms with Crippen LogP contribution in [0.3, 0.4) is 0 Å². The Morgan fingerprint density at radius 3 is 2.43 bits per heavy atom. The molecule has 0 aliphatic rings. The van der Waals surface area contributed by atoms with Crippen LogP contribution < -0.4 is 14.4 Å². The predicted molar refractivity (Wildman–Crippen MR) is 122 cm³/mol. The number of sulfonamides is 1. The van der Waals surface area contributed by atoms with Crippen molar-refractivity contribution in [2.75, 3.05) is 23.3 Å². The standard InChI is InChI=1S/C21H18FIN2O4S/c1-29-20-8-3-2-7-19(20)25(30(27,28)18-11-9-15(22)10-12-18)14-21(26)24-17-6-4-5-16(23)13-17/h2-13H,14H2,1H3,(H,24,26). The summed E-state index contributed by atoms with van der Waals surface area (Å²) in [5.41, 5.74) is 0.744. The summed E-state index contributed by atoms with van der Waals surface area (Å²) in [4.78, 5) is 12.6. The SMILES string of the molecule is COc1ccccc1N(CC(=O)Nc1cccc(I)c1)S(=O)(=O)c1ccc(F)cc1. The van der Waals surface area contributed by atoms with E-state index in [9.17, 15) is 17.6 Å². The van der Waals surface area contributed by atoms with Gasteiger partial charge in [-0.2, -0.15) is 0 Å². The first-order valence-electron chi connectivity index (χ1n) is 8.78. The Hall–Kier alpha value is -2.66. The van der Waals surface area contributed by atoms with E-state index in [1.165, 1.54) is 7.11 Å². The van der Waals surface area contributed by atoms with Crippen LogP contribution in [0.25, 0.3) is 0 Å². The third-order valence-electron chi connectivity index (χ3n) is 4.15. The highest BCUT2D eigenvalue weighted by Gasteiger charge is 2.29. The second kappa shape index (κ2) is 9.43. The predicted octanol–water partition coefficient (Wildman–Crippen LogP) is 4.27. The molecule has 3 aromatic carbocycles. The molecule has 0 aliphatic heterocycles. The minimum atomic E-state index is -4.17. The molecule has 0 spiro atoms. The van der Waals surface area contributed by atoms with Gasteiger partial charge in [0, 0.05) is 9.26 Å². The molecule has 3 rings (SSSR count). The van der Waals surface area contributed by atoms with Gasteiger partial charge in [0.2, 0.25) is 5.91 Å². The zero-order chi connectivity index (χ0) is 21.7. The van der Waals surface area contributed by atoms with E-state index in [2.05, 4.69) is 27.9 Å². The molecular weight excluding hydrogens is 522 g/mol. The first-order chi connectivity index (χ1) is 14.3. The molecular formula is C21H18FIN2O4S. The molecule has 0 saturated carbocycles. The highest BCUT2D eigenvalue weighted by Crippen LogP contribution is 2.32. The van der Waals surface area contributed by atoms with Crippen LogP contribution in [0.2, 0.25) is 0 Å². The van der Waals surface area contributed by atoms with Crippen molar-refractivity contribution in [2.24, 2.45) is 0 Å². The molecule has 9 heteroatoms. The summed E-state index contributed by atoms with van der Waals surface area (Å²) < 4.78 is 47.1. The minimum absolute atomic E-state index is 0.142. The number of carbonyl (C=O) groups is 1. The van der Waals surface area contributed by atoms with Crippen molar-refractivity contribution < 1.29 is 22.3 Å². The van der Waals surface area contributed by atoms with Crippen molar-refractivity contribution in [1.29, 1.82) is 0 Å². The van der Waals surface area contributed by atoms with Crippen LogP contribution in [0.5, 0.6) is 5.75 Å². The summed E-state index contributed by atoms with van der Waals surface area (Å²) in [6.45, 7) is -0.494. The van der Waals surface area contributed by atoms with Crippen molar-refractivity contribution in [2.45, 2.75) is 4.90 Å². The van der Waals surface area contributed by atoms with Gasteiger partial charge < -0.3 is 10.1 Å². The molecule has 0 atom stereocenters. The van der Waals surface area contributed by atoms with Crippen molar-refractivity contribution in [3.63, 3.8) is 0 Å². The molecule has 0 heterocycles. The zero-order valence-electron chi connectivity index (χ0n) is 15.9. The van der Waals surface area contributed by atoms with Gasteiger partial charge in [-0.05, 0) is 77.2 Å². The highest BCUT2D eigenvalue weighted by molar-refractivity contribution is 14.1. The number of benzene rings is 3. The molecule has 1 N–H and O–H groups in total. The number of nitrogens with one attached hydrogen (secondary N) is 1. The number of hydrogen-bond acceptors (Lipinski definition) is 4. The second-order valence-electron chi connectivity index (χ2n) is 6.20. The molecule has 156 valence electrons. The fraction of sp³-hybridized carbons (Fsp3) is 0.0952. The fourth-order valence-corrected chi connectivity index (χ4v) is 4.74. The van der Waals surface area contributed by atoms with Crippen molar-refractivity contribution in [3.8, 4) is 5.75 Å². The summed E-state index contributed by atoms with van der Waals surface area (Å²) >= 11 is 2.11. The lowest BCUT2D eigenvalue weighted by Crippen LogP contribution is -2.38. The molecule has 0 aromatic heterocycles. The first-order valence-corrected chi connectivity index (χ1v) is 11.3. The van der Waals surface area contributed by atoms with Crippen LogP contribution in [-0.4, -0.2) is 28.0 Å². The maximum absolute atomic E-state index is 13.3. The first kappa shape index (κ1) is 22.0. The Morgan fingerprint density at radius 1 is 1.07 bits per heavy atom. The van der Waals surface area contributed by atoms with Gasteiger partial charge >= 0.3 is 0 Å². The molecule has 3 aromatic rings. The number of ether oxygens (including phenoxy) is 1. The van der Waals surface area contributed by atoms with Crippen LogP contribution in [-0.2, 0) is 14.8 Å². The lowest BCUT2D eigenvalue weighted by Gasteiger charge is -2.25. The quantitative estimate of drug-likeness (QED) is 0.455. The van der Waals surface area contributed by atoms with E-state index in [1.807, 2.05) is 6.07 Å². The fourth-order valence-electron chi connectivity index (χ4n) is 2.77. The van der Waals surface area contributed by atoms with Gasteiger partial charge in [-0.15, -0.1) is 0 Å². The summed E-state index contributed by atoms with van der Waals surface area (Å²) in [5.74, 6) is -0.812. The van der Waals surface area contributed by atoms with Gasteiger partial charge in [0.1, 0.15) is 18.1 Å². The maximum Gasteiger partial charge on any atom is 0.264 e. The van der Waals surface area contributed by atoms with Crippen molar-refractivity contribution in [1.82, 2.24) is 0 Å². The van der Waals surface area contributed by atoms with Crippen LogP contribution >= 0.6 is 22.6 Å². The molecule has 1 amide bonds. The number of nitrogens with zero attached hydrogens (tertiary/aromatic N) is 1. The Balaban J connectivity index is 1.99. The highest BCUT2D eigenvalue weighted by atomic mass is 127. The second-order valence-corrected chi connectivity index (χ2v) is 9.30. The third-order valence-corrected chi connectivity index (χ3v) is 6.60. The van der Waals surface area contributed by atoms with Gasteiger partial charge in [-0.1, -0.05) is 18.2 Å². The van der Waals surface area contributed by atoms with E-state index in [1.54, 1.807) is 42.5 Å². The molecule has 0 fully saturated rings. The van der Waals surface area contributed by atoms with Crippen LogP contribution in [0.15, 0.2) is 77.7 Å². The van der Waals surface area contributed by atoms with Gasteiger partial charge in [0.25, 0.3) is 10.0 Å². The molecule has 0 unspecified atom stereocenters. The largest absolute Gasteiger partial charge is 0.495 e. The third kappa shape index (κ3) is 5.08. The van der Waals surface area contributed by atoms with E-state index in [4.69, 9.17) is 4.74 Å². The molecule has 0 saturated heterocycles. The number of carbonyl (C=O) groups excluding carboxylic acids is 1. The van der Waals surface area contributed by atoms with Crippen molar-refractivity contribution in [3.05, 3.63) is 82.2 Å². The topological polar surface area (TPSA) is 75.7 Å². The molecule has 0 aliphatic carbocycles. The van der Waals surface area contributed by atoms with Gasteiger partial charge in [0.05, 0.1) is 17.7 Å². The Kier molecular flexibility index (Phi) is 6.93. The number of anilines is 2. The Morgan fingerprint density at radius 2 is 1.77 bits per heavy atom. The number of para-hydroxylation sites is 2. The summed E-state index contributed by atoms with van der Waals surface area (Å²) in [6.07, 6.45) is 0. The number of hydrogen-bond donors (Lipinski definition) is 1. The maximum atomic E-state index is 13.3. The number of methoxy groups -OCH3 is 1. The zero-order valence-corrected chi connectivity index (χ0v) is 18.9. The molecule has 0 bridgehead atoms. The molecule has 30 heavy (non-hydrogen) atoms. The van der Waals surface area contributed by atoms with E-state index in [0.29, 0.717) is 5.69 Å². The van der Waals surface area contributed by atoms with E-state index >= 15 is 0 Å². The smallest absolute Gasteiger partial charge is 0.264 e. The van der Waals surface area contributed by atoms with Crippen LogP contribution in [0.1, 0.15) is 0 Å². The minimum Gasteiger partial charge on any atom is -0.495 e. The Labute approximate surface area is 187 Å². The summed E-state index contributed by atoms with van der Waals surface area (Å²) in [7, 11) is -2.76. The van der Waals surface area contributed by atoms with Crippen LogP contribution in [0.4, 0.5) is 15.8 Å². The average Bonchev–Trinajstić information content (AvgIpc) is 2.72. The summed E-state index contributed by atoms with van der Waals surface area (Å²) in [6, 6.07) is 18.0. The van der Waals surface area contributed by atoms with Gasteiger partial charge in [-0.25, -0.2) is 12.8 Å². The summed E-state index contributed by atoms with van der Waals surface area (Å²) in [5, 5.41) is 2.70. The van der Waals surface area contributed by atoms with E-state index < -0.39 is 28.3 Å². The number of rotatable bonds is 7. The van der Waals surface area contributed by atoms with Gasteiger partial charge in [0.15, 0.2) is 0 Å².